The average Bonchev–Trinajstić information content (AvgIpc) is 3.25. The van der Waals surface area contributed by atoms with Crippen molar-refractivity contribution in [2.75, 3.05) is 6.54 Å². The fourth-order valence-electron chi connectivity index (χ4n) is 4.64. The zero-order chi connectivity index (χ0) is 24.3. The average molecular weight is 477 g/mol. The van der Waals surface area contributed by atoms with Crippen LogP contribution in [0.5, 0.6) is 0 Å². The number of thioether (sulfide) groups is 1. The zero-order valence-corrected chi connectivity index (χ0v) is 19.7. The lowest BCUT2D eigenvalue weighted by molar-refractivity contribution is -0.792. The number of Topliss-reactive ketones (excluding diaryl/α,β-unsaturated/α-hetero) is 1. The molecular weight excluding hydrogens is 450 g/mol. The Balaban J connectivity index is 1.66. The normalized spacial score (nSPS) is 20.7. The van der Waals surface area contributed by atoms with Gasteiger partial charge in [-0.3, -0.25) is 9.59 Å². The van der Waals surface area contributed by atoms with E-state index in [0.717, 1.165) is 22.5 Å². The van der Waals surface area contributed by atoms with E-state index in [2.05, 4.69) is 0 Å². The second kappa shape index (κ2) is 9.91. The molecule has 2 amide bonds. The Hall–Kier alpha value is -3.29. The molecule has 1 aliphatic rings. The molecule has 3 atom stereocenters. The molecule has 1 fully saturated rings. The van der Waals surface area contributed by atoms with Crippen LogP contribution in [-0.4, -0.2) is 50.3 Å². The summed E-state index contributed by atoms with van der Waals surface area (Å²) < 4.78 is -0.745. The van der Waals surface area contributed by atoms with E-state index in [1.54, 1.807) is 49.4 Å². The monoisotopic (exact) mass is 476 g/mol. The first kappa shape index (κ1) is 23.9. The summed E-state index contributed by atoms with van der Waals surface area (Å²) in [5, 5.41) is 10.5. The van der Waals surface area contributed by atoms with Gasteiger partial charge in [-0.1, -0.05) is 78.5 Å². The minimum Gasteiger partial charge on any atom is -0.435 e. The van der Waals surface area contributed by atoms with Gasteiger partial charge in [-0.15, -0.1) is 0 Å². The lowest BCUT2D eigenvalue weighted by Crippen LogP contribution is -2.61. The molecule has 1 heterocycles. The quantitative estimate of drug-likeness (QED) is 0.370. The molecule has 34 heavy (non-hydrogen) atoms. The molecule has 3 aromatic carbocycles. The largest absolute Gasteiger partial charge is 0.521 e. The van der Waals surface area contributed by atoms with E-state index in [0.29, 0.717) is 24.0 Å². The highest BCUT2D eigenvalue weighted by Gasteiger charge is 2.55. The van der Waals surface area contributed by atoms with Crippen molar-refractivity contribution in [3.05, 3.63) is 83.9 Å². The summed E-state index contributed by atoms with van der Waals surface area (Å²) in [6.07, 6.45) is -0.283. The predicted molar refractivity (Wildman–Crippen MR) is 132 cm³/mol. The van der Waals surface area contributed by atoms with E-state index in [1.807, 2.05) is 30.3 Å². The number of benzene rings is 3. The van der Waals surface area contributed by atoms with Crippen molar-refractivity contribution >= 4 is 45.4 Å². The number of carbonyl (C=O) groups is 4. The van der Waals surface area contributed by atoms with E-state index in [1.165, 1.54) is 0 Å². The lowest BCUT2D eigenvalue weighted by Gasteiger charge is -2.32. The molecule has 1 saturated heterocycles. The summed E-state index contributed by atoms with van der Waals surface area (Å²) in [6, 6.07) is 21.0. The highest BCUT2D eigenvalue weighted by Crippen LogP contribution is 2.34. The van der Waals surface area contributed by atoms with E-state index in [4.69, 9.17) is 0 Å². The summed E-state index contributed by atoms with van der Waals surface area (Å²) in [6.45, 7) is 1.90. The molecule has 174 valence electrons. The Bertz CT molecular complexity index is 1260. The van der Waals surface area contributed by atoms with Crippen LogP contribution in [0.4, 0.5) is 4.79 Å². The molecule has 1 N–H and O–H groups in total. The van der Waals surface area contributed by atoms with Crippen LogP contribution in [0.15, 0.2) is 72.8 Å². The molecule has 0 radical (unpaired) electrons. The number of likely N-dealkylation sites (tertiary alicyclic amines) is 1. The second-order valence-electron chi connectivity index (χ2n) is 8.65. The summed E-state index contributed by atoms with van der Waals surface area (Å²) in [5.74, 6) is -0.895. The van der Waals surface area contributed by atoms with Crippen LogP contribution < -0.4 is 0 Å². The van der Waals surface area contributed by atoms with Gasteiger partial charge in [0.15, 0.2) is 5.78 Å². The van der Waals surface area contributed by atoms with Crippen LogP contribution in [0.1, 0.15) is 46.9 Å². The maximum Gasteiger partial charge on any atom is 0.521 e. The van der Waals surface area contributed by atoms with E-state index in [9.17, 15) is 24.3 Å². The topological polar surface area (TPSA) is 88.5 Å². The van der Waals surface area contributed by atoms with Gasteiger partial charge in [0, 0.05) is 30.4 Å². The van der Waals surface area contributed by atoms with E-state index < -0.39 is 27.8 Å². The Morgan fingerprint density at radius 3 is 2.26 bits per heavy atom. The van der Waals surface area contributed by atoms with Crippen LogP contribution in [0, 0.1) is 0 Å². The number of fused-ring (bicyclic) bond motifs is 1. The third-order valence-electron chi connectivity index (χ3n) is 6.60. The number of quaternary nitrogens is 1. The number of amides is 2. The van der Waals surface area contributed by atoms with Gasteiger partial charge in [-0.2, -0.15) is 9.28 Å². The first-order valence-corrected chi connectivity index (χ1v) is 12.1. The standard InChI is InChI=1S/C27H25NO5S/c1-18-8-7-15-28(18,27(32)33)25(30)24(34-26(31)20-10-3-2-4-11-20)17-23(29)22-14-13-19-9-5-6-12-21(19)16-22/h2-6,9-14,16,18,24H,7-8,15,17H2,1H3/p+1/t18-,24?,28?/m1/s1. The lowest BCUT2D eigenvalue weighted by atomic mass is 10.0. The maximum absolute atomic E-state index is 13.7. The molecule has 3 aromatic rings. The SMILES string of the molecule is C[C@@H]1CCC[N+]1(C(=O)O)C(=O)C(CC(=O)c1ccc2ccccc2c1)SC(=O)c1ccccc1. The van der Waals surface area contributed by atoms with Gasteiger partial charge in [0.2, 0.25) is 5.12 Å². The molecule has 1 aliphatic heterocycles. The van der Waals surface area contributed by atoms with Gasteiger partial charge in [0.25, 0.3) is 0 Å². The summed E-state index contributed by atoms with van der Waals surface area (Å²) >= 11 is 0.749. The zero-order valence-electron chi connectivity index (χ0n) is 18.8. The van der Waals surface area contributed by atoms with Crippen LogP contribution in [-0.2, 0) is 4.79 Å². The number of ketones is 1. The van der Waals surface area contributed by atoms with Crippen molar-refractivity contribution in [2.24, 2.45) is 0 Å². The molecule has 0 bridgehead atoms. The smallest absolute Gasteiger partial charge is 0.435 e. The van der Waals surface area contributed by atoms with Crippen molar-refractivity contribution < 1.29 is 28.8 Å². The van der Waals surface area contributed by atoms with Gasteiger partial charge in [-0.25, -0.2) is 4.79 Å². The third kappa shape index (κ3) is 4.54. The molecule has 6 nitrogen and oxygen atoms in total. The fraction of sp³-hybridized carbons (Fsp3) is 0.259. The van der Waals surface area contributed by atoms with Crippen LogP contribution in [0.2, 0.25) is 0 Å². The number of hydrogen-bond acceptors (Lipinski definition) is 5. The predicted octanol–water partition coefficient (Wildman–Crippen LogP) is 5.56. The molecule has 0 aliphatic carbocycles. The van der Waals surface area contributed by atoms with Crippen molar-refractivity contribution in [2.45, 2.75) is 37.5 Å². The number of rotatable bonds is 6. The number of carbonyl (C=O) groups excluding carboxylic acids is 3. The van der Waals surface area contributed by atoms with Gasteiger partial charge < -0.3 is 5.11 Å². The molecule has 4 rings (SSSR count). The first-order chi connectivity index (χ1) is 16.3. The van der Waals surface area contributed by atoms with Crippen molar-refractivity contribution in [3.8, 4) is 0 Å². The minimum absolute atomic E-state index is 0.163. The first-order valence-electron chi connectivity index (χ1n) is 11.3. The van der Waals surface area contributed by atoms with Crippen LogP contribution in [0.25, 0.3) is 10.8 Å². The second-order valence-corrected chi connectivity index (χ2v) is 9.83. The van der Waals surface area contributed by atoms with Crippen LogP contribution in [0.3, 0.4) is 0 Å². The van der Waals surface area contributed by atoms with Crippen molar-refractivity contribution in [1.29, 1.82) is 0 Å². The van der Waals surface area contributed by atoms with Gasteiger partial charge >= 0.3 is 12.0 Å². The van der Waals surface area contributed by atoms with Crippen molar-refractivity contribution in [1.82, 2.24) is 0 Å². The van der Waals surface area contributed by atoms with E-state index >= 15 is 0 Å². The number of nitrogens with zero attached hydrogens (tertiary/aromatic N) is 1. The van der Waals surface area contributed by atoms with E-state index in [-0.39, 0.29) is 23.9 Å². The summed E-state index contributed by atoms with van der Waals surface area (Å²) in [7, 11) is 0. The third-order valence-corrected chi connectivity index (χ3v) is 7.70. The number of hydrogen-bond donors (Lipinski definition) is 1. The molecular formula is C27H26NO5S+. The summed E-state index contributed by atoms with van der Waals surface area (Å²) in [4.78, 5) is 52.3. The van der Waals surface area contributed by atoms with Crippen LogP contribution >= 0.6 is 11.8 Å². The molecule has 0 aromatic heterocycles. The Morgan fingerprint density at radius 2 is 1.62 bits per heavy atom. The molecule has 2 unspecified atom stereocenters. The molecule has 0 saturated carbocycles. The Morgan fingerprint density at radius 1 is 0.941 bits per heavy atom. The van der Waals surface area contributed by atoms with Gasteiger partial charge in [0.1, 0.15) is 11.3 Å². The van der Waals surface area contributed by atoms with Gasteiger partial charge in [0.05, 0.1) is 6.54 Å². The molecule has 7 heteroatoms. The Labute approximate surface area is 202 Å². The highest BCUT2D eigenvalue weighted by atomic mass is 32.2. The van der Waals surface area contributed by atoms with Gasteiger partial charge in [-0.05, 0) is 23.8 Å². The number of carboxylic acid groups (broad SMARTS) is 1. The minimum atomic E-state index is -1.23. The highest BCUT2D eigenvalue weighted by molar-refractivity contribution is 8.15. The van der Waals surface area contributed by atoms with Crippen molar-refractivity contribution in [3.63, 3.8) is 0 Å². The summed E-state index contributed by atoms with van der Waals surface area (Å²) in [5.41, 5.74) is 0.834. The number of imide groups is 1. The molecule has 0 spiro atoms. The fourth-order valence-corrected chi connectivity index (χ4v) is 5.69. The Kier molecular flexibility index (Phi) is 6.95. The maximum atomic E-state index is 13.7.